The van der Waals surface area contributed by atoms with Crippen LogP contribution in [0.2, 0.25) is 0 Å². The zero-order valence-electron chi connectivity index (χ0n) is 12.5. The van der Waals surface area contributed by atoms with Crippen LogP contribution in [-0.2, 0) is 11.3 Å². The van der Waals surface area contributed by atoms with E-state index in [4.69, 9.17) is 0 Å². The van der Waals surface area contributed by atoms with E-state index in [1.165, 1.54) is 28.3 Å². The lowest BCUT2D eigenvalue weighted by Crippen LogP contribution is -2.21. The SMILES string of the molecule is Cc1ccc([N+](=O)[O-])cc1NC(=O)Cn1nnc(-c2ccsc2)n1. The number of aromatic nitrogens is 4. The first kappa shape index (κ1) is 15.7. The maximum atomic E-state index is 12.1. The molecule has 1 amide bonds. The second-order valence-electron chi connectivity index (χ2n) is 4.96. The predicted molar refractivity (Wildman–Crippen MR) is 87.6 cm³/mol. The first-order chi connectivity index (χ1) is 11.5. The molecule has 1 N–H and O–H groups in total. The molecule has 122 valence electrons. The summed E-state index contributed by atoms with van der Waals surface area (Å²) >= 11 is 1.51. The quantitative estimate of drug-likeness (QED) is 0.560. The fourth-order valence-corrected chi connectivity index (χ4v) is 2.63. The number of nitro benzene ring substituents is 1. The Morgan fingerprint density at radius 2 is 2.25 bits per heavy atom. The van der Waals surface area contributed by atoms with Gasteiger partial charge in [-0.15, -0.1) is 10.2 Å². The van der Waals surface area contributed by atoms with Crippen molar-refractivity contribution >= 4 is 28.6 Å². The van der Waals surface area contributed by atoms with Crippen molar-refractivity contribution in [1.29, 1.82) is 0 Å². The molecule has 0 aliphatic carbocycles. The van der Waals surface area contributed by atoms with Gasteiger partial charge in [0.25, 0.3) is 5.69 Å². The van der Waals surface area contributed by atoms with Gasteiger partial charge in [0.05, 0.1) is 10.6 Å². The van der Waals surface area contributed by atoms with Crippen molar-refractivity contribution in [3.8, 4) is 11.4 Å². The predicted octanol–water partition coefficient (Wildman–Crippen LogP) is 2.26. The number of tetrazole rings is 1. The molecule has 1 aromatic carbocycles. The molecule has 0 aliphatic rings. The van der Waals surface area contributed by atoms with E-state index in [-0.39, 0.29) is 12.2 Å². The molecule has 0 atom stereocenters. The van der Waals surface area contributed by atoms with Crippen LogP contribution in [0.3, 0.4) is 0 Å². The third-order valence-electron chi connectivity index (χ3n) is 3.22. The normalized spacial score (nSPS) is 10.5. The second-order valence-corrected chi connectivity index (χ2v) is 5.74. The van der Waals surface area contributed by atoms with Crippen molar-refractivity contribution < 1.29 is 9.72 Å². The summed E-state index contributed by atoms with van der Waals surface area (Å²) in [6.07, 6.45) is 0. The summed E-state index contributed by atoms with van der Waals surface area (Å²) in [5.74, 6) is 0.0449. The lowest BCUT2D eigenvalue weighted by molar-refractivity contribution is -0.384. The Morgan fingerprint density at radius 3 is 2.96 bits per heavy atom. The van der Waals surface area contributed by atoms with Gasteiger partial charge in [0.2, 0.25) is 11.7 Å². The van der Waals surface area contributed by atoms with Crippen LogP contribution in [-0.4, -0.2) is 31.0 Å². The number of carbonyl (C=O) groups is 1. The molecule has 0 radical (unpaired) electrons. The van der Waals surface area contributed by atoms with Gasteiger partial charge in [-0.1, -0.05) is 6.07 Å². The Morgan fingerprint density at radius 1 is 1.42 bits per heavy atom. The molecule has 0 spiro atoms. The number of nitrogens with one attached hydrogen (secondary N) is 1. The largest absolute Gasteiger partial charge is 0.324 e. The number of non-ortho nitro benzene ring substituents is 1. The molecule has 2 heterocycles. The Kier molecular flexibility index (Phi) is 4.29. The van der Waals surface area contributed by atoms with Crippen molar-refractivity contribution in [2.75, 3.05) is 5.32 Å². The van der Waals surface area contributed by atoms with Gasteiger partial charge in [-0.25, -0.2) is 0 Å². The van der Waals surface area contributed by atoms with Gasteiger partial charge in [-0.2, -0.15) is 16.1 Å². The number of nitro groups is 1. The van der Waals surface area contributed by atoms with Crippen molar-refractivity contribution in [3.05, 3.63) is 50.7 Å². The maximum absolute atomic E-state index is 12.1. The number of hydrogen-bond acceptors (Lipinski definition) is 7. The van der Waals surface area contributed by atoms with Crippen molar-refractivity contribution in [3.63, 3.8) is 0 Å². The van der Waals surface area contributed by atoms with Gasteiger partial charge < -0.3 is 5.32 Å². The lowest BCUT2D eigenvalue weighted by atomic mass is 10.2. The molecule has 24 heavy (non-hydrogen) atoms. The number of carbonyl (C=O) groups excluding carboxylic acids is 1. The summed E-state index contributed by atoms with van der Waals surface area (Å²) < 4.78 is 0. The Bertz CT molecular complexity index is 890. The van der Waals surface area contributed by atoms with E-state index in [2.05, 4.69) is 20.7 Å². The summed E-state index contributed by atoms with van der Waals surface area (Å²) in [6.45, 7) is 1.61. The van der Waals surface area contributed by atoms with E-state index in [1.807, 2.05) is 16.8 Å². The molecular formula is C14H12N6O3S. The van der Waals surface area contributed by atoms with Crippen LogP contribution < -0.4 is 5.32 Å². The summed E-state index contributed by atoms with van der Waals surface area (Å²) in [4.78, 5) is 23.6. The summed E-state index contributed by atoms with van der Waals surface area (Å²) in [5, 5.41) is 29.1. The molecule has 2 aromatic heterocycles. The van der Waals surface area contributed by atoms with Crippen LogP contribution >= 0.6 is 11.3 Å². The molecule has 3 aromatic rings. The molecule has 0 unspecified atom stereocenters. The van der Waals surface area contributed by atoms with E-state index < -0.39 is 10.8 Å². The van der Waals surface area contributed by atoms with Crippen LogP contribution in [0, 0.1) is 17.0 Å². The number of hydrogen-bond donors (Lipinski definition) is 1. The highest BCUT2D eigenvalue weighted by molar-refractivity contribution is 7.08. The minimum atomic E-state index is -0.513. The van der Waals surface area contributed by atoms with Gasteiger partial charge in [0, 0.05) is 23.1 Å². The molecule has 10 heteroatoms. The van der Waals surface area contributed by atoms with E-state index in [9.17, 15) is 14.9 Å². The Labute approximate surface area is 140 Å². The minimum absolute atomic E-state index is 0.0884. The van der Waals surface area contributed by atoms with Gasteiger partial charge in [0.1, 0.15) is 6.54 Å². The maximum Gasteiger partial charge on any atom is 0.271 e. The van der Waals surface area contributed by atoms with Crippen LogP contribution in [0.4, 0.5) is 11.4 Å². The lowest BCUT2D eigenvalue weighted by Gasteiger charge is -2.07. The number of benzene rings is 1. The first-order valence-electron chi connectivity index (χ1n) is 6.88. The third kappa shape index (κ3) is 3.43. The fourth-order valence-electron chi connectivity index (χ4n) is 1.99. The van der Waals surface area contributed by atoms with Crippen LogP contribution in [0.5, 0.6) is 0 Å². The average Bonchev–Trinajstić information content (AvgIpc) is 3.20. The summed E-state index contributed by atoms with van der Waals surface area (Å²) in [7, 11) is 0. The summed E-state index contributed by atoms with van der Waals surface area (Å²) in [6, 6.07) is 6.14. The Hall–Kier alpha value is -3.14. The standard InChI is InChI=1S/C14H12N6O3S/c1-9-2-3-11(20(22)23)6-12(9)15-13(21)7-19-17-14(16-18-19)10-4-5-24-8-10/h2-6,8H,7H2,1H3,(H,15,21). The number of rotatable bonds is 5. The molecule has 0 aliphatic heterocycles. The monoisotopic (exact) mass is 344 g/mol. The molecule has 0 saturated heterocycles. The average molecular weight is 344 g/mol. The zero-order chi connectivity index (χ0) is 17.1. The molecule has 3 rings (SSSR count). The number of anilines is 1. The van der Waals surface area contributed by atoms with E-state index >= 15 is 0 Å². The number of thiophene rings is 1. The van der Waals surface area contributed by atoms with Gasteiger partial charge in [0.15, 0.2) is 0 Å². The molecule has 0 saturated carbocycles. The zero-order valence-corrected chi connectivity index (χ0v) is 13.4. The van der Waals surface area contributed by atoms with E-state index in [0.717, 1.165) is 11.1 Å². The molecular weight excluding hydrogens is 332 g/mol. The summed E-state index contributed by atoms with van der Waals surface area (Å²) in [5.41, 5.74) is 1.85. The molecule has 0 fully saturated rings. The number of nitrogens with zero attached hydrogens (tertiary/aromatic N) is 5. The van der Waals surface area contributed by atoms with Crippen molar-refractivity contribution in [2.45, 2.75) is 13.5 Å². The third-order valence-corrected chi connectivity index (χ3v) is 3.91. The Balaban J connectivity index is 1.70. The second kappa shape index (κ2) is 6.54. The highest BCUT2D eigenvalue weighted by Gasteiger charge is 2.13. The fraction of sp³-hybridized carbons (Fsp3) is 0.143. The van der Waals surface area contributed by atoms with E-state index in [0.29, 0.717) is 11.5 Å². The van der Waals surface area contributed by atoms with Gasteiger partial charge in [-0.05, 0) is 29.1 Å². The van der Waals surface area contributed by atoms with Crippen molar-refractivity contribution in [1.82, 2.24) is 20.2 Å². The van der Waals surface area contributed by atoms with Crippen molar-refractivity contribution in [2.24, 2.45) is 0 Å². The highest BCUT2D eigenvalue weighted by Crippen LogP contribution is 2.22. The van der Waals surface area contributed by atoms with Crippen LogP contribution in [0.1, 0.15) is 5.56 Å². The van der Waals surface area contributed by atoms with Crippen LogP contribution in [0.25, 0.3) is 11.4 Å². The van der Waals surface area contributed by atoms with E-state index in [1.54, 1.807) is 13.0 Å². The van der Waals surface area contributed by atoms with Gasteiger partial charge >= 0.3 is 0 Å². The van der Waals surface area contributed by atoms with Crippen LogP contribution in [0.15, 0.2) is 35.0 Å². The van der Waals surface area contributed by atoms with Gasteiger partial charge in [-0.3, -0.25) is 14.9 Å². The topological polar surface area (TPSA) is 116 Å². The minimum Gasteiger partial charge on any atom is -0.324 e. The molecule has 9 nitrogen and oxygen atoms in total. The molecule has 0 bridgehead atoms. The first-order valence-corrected chi connectivity index (χ1v) is 7.82. The number of aryl methyl sites for hydroxylation is 1. The highest BCUT2D eigenvalue weighted by atomic mass is 32.1. The number of amides is 1. The smallest absolute Gasteiger partial charge is 0.271 e.